The number of aromatic nitrogens is 2. The number of aromatic amines is 1. The summed E-state index contributed by atoms with van der Waals surface area (Å²) in [6.45, 7) is 2.53. The van der Waals surface area contributed by atoms with Crippen molar-refractivity contribution in [3.8, 4) is 5.75 Å². The molecular weight excluding hydrogens is 430 g/mol. The Morgan fingerprint density at radius 2 is 1.82 bits per heavy atom. The molecule has 0 saturated carbocycles. The van der Waals surface area contributed by atoms with Crippen LogP contribution >= 0.6 is 0 Å². The minimum Gasteiger partial charge on any atom is -0.497 e. The van der Waals surface area contributed by atoms with Crippen LogP contribution in [0.4, 0.5) is 0 Å². The number of methoxy groups -OCH3 is 1. The molecule has 0 atom stereocenters. The summed E-state index contributed by atoms with van der Waals surface area (Å²) < 4.78 is 5.15. The summed E-state index contributed by atoms with van der Waals surface area (Å²) in [6.07, 6.45) is 0.587. The molecule has 0 fully saturated rings. The maximum Gasteiger partial charge on any atom is 0.270 e. The third-order valence-corrected chi connectivity index (χ3v) is 5.53. The number of H-pyrrole nitrogens is 1. The third kappa shape index (κ3) is 5.38. The van der Waals surface area contributed by atoms with E-state index in [-0.39, 0.29) is 23.8 Å². The Morgan fingerprint density at radius 1 is 1.00 bits per heavy atom. The Labute approximate surface area is 196 Å². The van der Waals surface area contributed by atoms with Crippen molar-refractivity contribution in [2.45, 2.75) is 19.8 Å². The third-order valence-electron chi connectivity index (χ3n) is 5.53. The van der Waals surface area contributed by atoms with Crippen LogP contribution in [0.5, 0.6) is 5.75 Å². The maximum absolute atomic E-state index is 12.6. The van der Waals surface area contributed by atoms with Crippen molar-refractivity contribution in [2.24, 2.45) is 0 Å². The lowest BCUT2D eigenvalue weighted by molar-refractivity contribution is 0.0952. The molecule has 1 heterocycles. The van der Waals surface area contributed by atoms with E-state index in [9.17, 15) is 14.4 Å². The van der Waals surface area contributed by atoms with E-state index in [1.807, 2.05) is 25.1 Å². The summed E-state index contributed by atoms with van der Waals surface area (Å²) >= 11 is 0. The second-order valence-electron chi connectivity index (χ2n) is 8.07. The lowest BCUT2D eigenvalue weighted by Crippen LogP contribution is -2.26. The molecular formula is C27H25N3O4. The van der Waals surface area contributed by atoms with E-state index < -0.39 is 5.56 Å². The molecule has 0 radical (unpaired) electrons. The number of Topliss-reactive ketones (excluding diaryl/α,β-unsaturated/α-hetero) is 1. The number of benzene rings is 3. The molecule has 0 aliphatic carbocycles. The molecule has 172 valence electrons. The summed E-state index contributed by atoms with van der Waals surface area (Å²) in [5.41, 5.74) is 3.81. The molecule has 4 rings (SSSR count). The Kier molecular flexibility index (Phi) is 6.82. The number of carbonyl (C=O) groups is 2. The highest BCUT2D eigenvalue weighted by Gasteiger charge is 2.14. The van der Waals surface area contributed by atoms with Gasteiger partial charge in [0.2, 0.25) is 0 Å². The molecule has 0 spiro atoms. The van der Waals surface area contributed by atoms with Gasteiger partial charge in [-0.2, -0.15) is 0 Å². The van der Waals surface area contributed by atoms with Crippen molar-refractivity contribution >= 4 is 22.7 Å². The predicted molar refractivity (Wildman–Crippen MR) is 131 cm³/mol. The zero-order valence-corrected chi connectivity index (χ0v) is 19.1. The first-order chi connectivity index (χ1) is 16.4. The highest BCUT2D eigenvalue weighted by Crippen LogP contribution is 2.15. The quantitative estimate of drug-likeness (QED) is 0.395. The molecule has 0 saturated heterocycles. The number of hydrogen-bond donors (Lipinski definition) is 2. The van der Waals surface area contributed by atoms with Crippen LogP contribution in [0.3, 0.4) is 0 Å². The van der Waals surface area contributed by atoms with Gasteiger partial charge >= 0.3 is 0 Å². The van der Waals surface area contributed by atoms with Crippen LogP contribution in [0.2, 0.25) is 0 Å². The van der Waals surface area contributed by atoms with Gasteiger partial charge in [0, 0.05) is 17.7 Å². The van der Waals surface area contributed by atoms with Gasteiger partial charge in [0.25, 0.3) is 11.5 Å². The topological polar surface area (TPSA) is 101 Å². The molecule has 7 nitrogen and oxygen atoms in total. The fourth-order valence-corrected chi connectivity index (χ4v) is 3.73. The highest BCUT2D eigenvalue weighted by molar-refractivity contribution is 5.98. The largest absolute Gasteiger partial charge is 0.497 e. The van der Waals surface area contributed by atoms with Crippen molar-refractivity contribution in [1.82, 2.24) is 15.3 Å². The Hall–Kier alpha value is -4.26. The smallest absolute Gasteiger partial charge is 0.270 e. The lowest BCUT2D eigenvalue weighted by Gasteiger charge is -2.08. The van der Waals surface area contributed by atoms with E-state index in [1.54, 1.807) is 42.5 Å². The van der Waals surface area contributed by atoms with Crippen LogP contribution < -0.4 is 15.6 Å². The molecule has 1 aromatic heterocycles. The summed E-state index contributed by atoms with van der Waals surface area (Å²) in [5, 5.41) is 2.90. The lowest BCUT2D eigenvalue weighted by atomic mass is 10.1. The first-order valence-corrected chi connectivity index (χ1v) is 11.0. The number of ketones is 1. The van der Waals surface area contributed by atoms with Crippen LogP contribution in [0, 0.1) is 6.92 Å². The van der Waals surface area contributed by atoms with Gasteiger partial charge in [-0.15, -0.1) is 0 Å². The normalized spacial score (nSPS) is 10.8. The maximum atomic E-state index is 12.6. The Morgan fingerprint density at radius 3 is 2.62 bits per heavy atom. The van der Waals surface area contributed by atoms with Gasteiger partial charge < -0.3 is 15.0 Å². The first kappa shape index (κ1) is 22.9. The molecule has 0 aliphatic heterocycles. The average molecular weight is 456 g/mol. The molecule has 7 heteroatoms. The van der Waals surface area contributed by atoms with Crippen molar-refractivity contribution in [2.75, 3.05) is 13.7 Å². The standard InChI is InChI=1S/C27H25N3O4/c1-17-5-3-6-18(13-17)11-12-28-26(32)20-9-10-22-23(15-20)30-27(33)24(29-22)16-25(31)19-7-4-8-21(14-19)34-2/h3-10,13-15H,11-12,16H2,1-2H3,(H,28,32)(H,30,33). The number of aryl methyl sites for hydroxylation is 1. The fourth-order valence-electron chi connectivity index (χ4n) is 3.73. The molecule has 2 N–H and O–H groups in total. The van der Waals surface area contributed by atoms with Crippen LogP contribution in [-0.2, 0) is 12.8 Å². The first-order valence-electron chi connectivity index (χ1n) is 11.0. The monoisotopic (exact) mass is 455 g/mol. The van der Waals surface area contributed by atoms with Gasteiger partial charge in [0.1, 0.15) is 11.4 Å². The van der Waals surface area contributed by atoms with Gasteiger partial charge in [0.05, 0.1) is 24.6 Å². The number of amides is 1. The zero-order valence-electron chi connectivity index (χ0n) is 19.1. The number of carbonyl (C=O) groups excluding carboxylic acids is 2. The summed E-state index contributed by atoms with van der Waals surface area (Å²) in [7, 11) is 1.53. The average Bonchev–Trinajstić information content (AvgIpc) is 2.84. The van der Waals surface area contributed by atoms with Gasteiger partial charge in [-0.25, -0.2) is 4.98 Å². The van der Waals surface area contributed by atoms with E-state index in [4.69, 9.17) is 4.74 Å². The second-order valence-corrected chi connectivity index (χ2v) is 8.07. The molecule has 34 heavy (non-hydrogen) atoms. The Balaban J connectivity index is 1.46. The summed E-state index contributed by atoms with van der Waals surface area (Å²) in [4.78, 5) is 44.9. The van der Waals surface area contributed by atoms with Crippen molar-refractivity contribution < 1.29 is 14.3 Å². The number of hydrogen-bond acceptors (Lipinski definition) is 5. The predicted octanol–water partition coefficient (Wildman–Crippen LogP) is 3.64. The van der Waals surface area contributed by atoms with E-state index in [0.717, 1.165) is 12.0 Å². The van der Waals surface area contributed by atoms with Gasteiger partial charge in [-0.1, -0.05) is 42.0 Å². The number of nitrogens with one attached hydrogen (secondary N) is 2. The SMILES string of the molecule is COc1cccc(C(=O)Cc2nc3ccc(C(=O)NCCc4cccc(C)c4)cc3[nH]c2=O)c1. The van der Waals surface area contributed by atoms with Crippen LogP contribution in [0.25, 0.3) is 11.0 Å². The minimum absolute atomic E-state index is 0.121. The van der Waals surface area contributed by atoms with Crippen molar-refractivity contribution in [1.29, 1.82) is 0 Å². The molecule has 0 aliphatic rings. The highest BCUT2D eigenvalue weighted by atomic mass is 16.5. The van der Waals surface area contributed by atoms with Crippen molar-refractivity contribution in [3.63, 3.8) is 0 Å². The Bertz CT molecular complexity index is 1430. The number of rotatable bonds is 8. The van der Waals surface area contributed by atoms with E-state index in [1.165, 1.54) is 12.7 Å². The van der Waals surface area contributed by atoms with E-state index in [2.05, 4.69) is 21.4 Å². The van der Waals surface area contributed by atoms with Crippen LogP contribution in [0.1, 0.15) is 37.5 Å². The molecule has 3 aromatic carbocycles. The number of ether oxygens (including phenoxy) is 1. The fraction of sp³-hybridized carbons (Fsp3) is 0.185. The summed E-state index contributed by atoms with van der Waals surface area (Å²) in [5.74, 6) is 0.101. The molecule has 0 unspecified atom stereocenters. The van der Waals surface area contributed by atoms with Gasteiger partial charge in [0.15, 0.2) is 5.78 Å². The zero-order chi connectivity index (χ0) is 24.1. The summed E-state index contributed by atoms with van der Waals surface area (Å²) in [6, 6.07) is 19.8. The van der Waals surface area contributed by atoms with Gasteiger partial charge in [-0.05, 0) is 49.2 Å². The van der Waals surface area contributed by atoms with Crippen LogP contribution in [-0.4, -0.2) is 35.3 Å². The molecule has 1 amide bonds. The number of fused-ring (bicyclic) bond motifs is 1. The second kappa shape index (κ2) is 10.1. The number of nitrogens with zero attached hydrogens (tertiary/aromatic N) is 1. The molecule has 4 aromatic rings. The van der Waals surface area contributed by atoms with E-state index >= 15 is 0 Å². The van der Waals surface area contributed by atoms with E-state index in [0.29, 0.717) is 34.5 Å². The molecule has 0 bridgehead atoms. The van der Waals surface area contributed by atoms with Gasteiger partial charge in [-0.3, -0.25) is 14.4 Å². The minimum atomic E-state index is -0.458. The van der Waals surface area contributed by atoms with Crippen molar-refractivity contribution in [3.05, 3.63) is 105 Å². The van der Waals surface area contributed by atoms with Crippen LogP contribution in [0.15, 0.2) is 71.5 Å².